The van der Waals surface area contributed by atoms with Crippen LogP contribution in [-0.4, -0.2) is 59.6 Å². The van der Waals surface area contributed by atoms with Crippen LogP contribution in [-0.2, 0) is 9.47 Å². The lowest BCUT2D eigenvalue weighted by atomic mass is 10.2. The Morgan fingerprint density at radius 1 is 1.38 bits per heavy atom. The van der Waals surface area contributed by atoms with Gasteiger partial charge in [-0.3, -0.25) is 4.90 Å². The van der Waals surface area contributed by atoms with Crippen molar-refractivity contribution in [3.05, 3.63) is 48.0 Å². The van der Waals surface area contributed by atoms with Crippen molar-refractivity contribution < 1.29 is 18.7 Å². The smallest absolute Gasteiger partial charge is 0.358 e. The Kier molecular flexibility index (Phi) is 6.00. The maximum Gasteiger partial charge on any atom is 0.358 e. The molecular formula is C19H24FN3O3. The van der Waals surface area contributed by atoms with Gasteiger partial charge in [0.2, 0.25) is 0 Å². The van der Waals surface area contributed by atoms with Gasteiger partial charge in [-0.2, -0.15) is 5.10 Å². The lowest BCUT2D eigenvalue weighted by molar-refractivity contribution is -0.0613. The molecule has 6 nitrogen and oxygen atoms in total. The molecule has 1 aliphatic heterocycles. The van der Waals surface area contributed by atoms with Gasteiger partial charge in [0.15, 0.2) is 5.69 Å². The van der Waals surface area contributed by atoms with Gasteiger partial charge in [-0.25, -0.2) is 13.9 Å². The van der Waals surface area contributed by atoms with Crippen LogP contribution in [0.15, 0.2) is 36.5 Å². The number of esters is 1. The number of aromatic nitrogens is 2. The molecule has 1 aromatic heterocycles. The molecule has 1 saturated heterocycles. The SMILES string of the molecule is CC(C)CN1CCOC(COC(=O)c2ccn(-c3ccccc3F)n2)C1. The Morgan fingerprint density at radius 2 is 2.19 bits per heavy atom. The van der Waals surface area contributed by atoms with E-state index < -0.39 is 11.8 Å². The van der Waals surface area contributed by atoms with Crippen LogP contribution in [0, 0.1) is 11.7 Å². The number of carbonyl (C=O) groups is 1. The van der Waals surface area contributed by atoms with Gasteiger partial charge in [0, 0.05) is 25.8 Å². The summed E-state index contributed by atoms with van der Waals surface area (Å²) in [5.41, 5.74) is 0.426. The van der Waals surface area contributed by atoms with Crippen LogP contribution < -0.4 is 0 Å². The summed E-state index contributed by atoms with van der Waals surface area (Å²) in [4.78, 5) is 14.5. The van der Waals surface area contributed by atoms with Crippen molar-refractivity contribution in [2.75, 3.05) is 32.8 Å². The first-order valence-corrected chi connectivity index (χ1v) is 8.84. The van der Waals surface area contributed by atoms with Gasteiger partial charge in [-0.15, -0.1) is 0 Å². The van der Waals surface area contributed by atoms with Crippen LogP contribution in [0.2, 0.25) is 0 Å². The average molecular weight is 361 g/mol. The number of carbonyl (C=O) groups excluding carboxylic acids is 1. The molecule has 2 heterocycles. The third-order valence-corrected chi connectivity index (χ3v) is 4.14. The third-order valence-electron chi connectivity index (χ3n) is 4.14. The minimum absolute atomic E-state index is 0.139. The van der Waals surface area contributed by atoms with Crippen molar-refractivity contribution in [3.8, 4) is 5.69 Å². The Balaban J connectivity index is 1.55. The Bertz CT molecular complexity index is 747. The summed E-state index contributed by atoms with van der Waals surface area (Å²) in [6.07, 6.45) is 1.40. The summed E-state index contributed by atoms with van der Waals surface area (Å²) in [7, 11) is 0. The summed E-state index contributed by atoms with van der Waals surface area (Å²) >= 11 is 0. The molecule has 7 heteroatoms. The third kappa shape index (κ3) is 4.68. The number of rotatable bonds is 6. The van der Waals surface area contributed by atoms with E-state index in [4.69, 9.17) is 9.47 Å². The Hall–Kier alpha value is -2.25. The van der Waals surface area contributed by atoms with Gasteiger partial charge in [-0.05, 0) is 24.1 Å². The summed E-state index contributed by atoms with van der Waals surface area (Å²) < 4.78 is 26.1. The minimum Gasteiger partial charge on any atom is -0.458 e. The number of benzene rings is 1. The largest absolute Gasteiger partial charge is 0.458 e. The first-order valence-electron chi connectivity index (χ1n) is 8.84. The van der Waals surface area contributed by atoms with Crippen LogP contribution in [0.5, 0.6) is 0 Å². The van der Waals surface area contributed by atoms with E-state index in [1.54, 1.807) is 18.2 Å². The maximum atomic E-state index is 13.8. The highest BCUT2D eigenvalue weighted by molar-refractivity contribution is 5.87. The molecule has 140 valence electrons. The molecule has 26 heavy (non-hydrogen) atoms. The molecule has 0 saturated carbocycles. The molecule has 0 radical (unpaired) electrons. The van der Waals surface area contributed by atoms with Crippen LogP contribution in [0.1, 0.15) is 24.3 Å². The first-order chi connectivity index (χ1) is 12.5. The van der Waals surface area contributed by atoms with Gasteiger partial charge in [0.05, 0.1) is 6.61 Å². The predicted octanol–water partition coefficient (Wildman–Crippen LogP) is 2.53. The summed E-state index contributed by atoms with van der Waals surface area (Å²) in [6.45, 7) is 7.81. The van der Waals surface area contributed by atoms with E-state index in [9.17, 15) is 9.18 Å². The van der Waals surface area contributed by atoms with E-state index in [1.807, 2.05) is 0 Å². The molecule has 0 amide bonds. The number of ether oxygens (including phenoxy) is 2. The molecule has 2 aromatic rings. The second-order valence-electron chi connectivity index (χ2n) is 6.84. The zero-order valence-corrected chi connectivity index (χ0v) is 15.1. The zero-order chi connectivity index (χ0) is 18.5. The number of hydrogen-bond acceptors (Lipinski definition) is 5. The molecule has 3 rings (SSSR count). The number of para-hydroxylation sites is 1. The predicted molar refractivity (Wildman–Crippen MR) is 94.8 cm³/mol. The van der Waals surface area contributed by atoms with Crippen molar-refractivity contribution in [2.45, 2.75) is 20.0 Å². The molecule has 0 aliphatic carbocycles. The van der Waals surface area contributed by atoms with Crippen molar-refractivity contribution >= 4 is 5.97 Å². The lowest BCUT2D eigenvalue weighted by Crippen LogP contribution is -2.45. The molecule has 1 aromatic carbocycles. The molecule has 1 unspecified atom stereocenters. The summed E-state index contributed by atoms with van der Waals surface area (Å²) in [5, 5.41) is 4.11. The van der Waals surface area contributed by atoms with Crippen LogP contribution in [0.3, 0.4) is 0 Å². The number of morpholine rings is 1. The number of hydrogen-bond donors (Lipinski definition) is 0. The molecule has 0 spiro atoms. The standard InChI is InChI=1S/C19H24FN3O3/c1-14(2)11-22-9-10-25-15(12-22)13-26-19(24)17-7-8-23(21-17)18-6-4-3-5-16(18)20/h3-8,14-15H,9-13H2,1-2H3. The first kappa shape index (κ1) is 18.5. The van der Waals surface area contributed by atoms with E-state index in [-0.39, 0.29) is 24.1 Å². The van der Waals surface area contributed by atoms with Gasteiger partial charge in [-0.1, -0.05) is 26.0 Å². The quantitative estimate of drug-likeness (QED) is 0.740. The minimum atomic E-state index is -0.537. The summed E-state index contributed by atoms with van der Waals surface area (Å²) in [6, 6.07) is 7.77. The second kappa shape index (κ2) is 8.42. The highest BCUT2D eigenvalue weighted by Gasteiger charge is 2.23. The number of halogens is 1. The normalized spacial score (nSPS) is 18.2. The van der Waals surface area contributed by atoms with Crippen molar-refractivity contribution in [2.24, 2.45) is 5.92 Å². The van der Waals surface area contributed by atoms with E-state index in [0.29, 0.717) is 12.5 Å². The maximum absolute atomic E-state index is 13.8. The van der Waals surface area contributed by atoms with Gasteiger partial charge >= 0.3 is 5.97 Å². The molecule has 0 bridgehead atoms. The van der Waals surface area contributed by atoms with Crippen molar-refractivity contribution in [1.82, 2.24) is 14.7 Å². The Labute approximate surface area is 152 Å². The van der Waals surface area contributed by atoms with Crippen molar-refractivity contribution in [1.29, 1.82) is 0 Å². The van der Waals surface area contributed by atoms with E-state index in [2.05, 4.69) is 23.8 Å². The monoisotopic (exact) mass is 361 g/mol. The van der Waals surface area contributed by atoms with Crippen molar-refractivity contribution in [3.63, 3.8) is 0 Å². The second-order valence-corrected chi connectivity index (χ2v) is 6.84. The Morgan fingerprint density at radius 3 is 2.96 bits per heavy atom. The highest BCUT2D eigenvalue weighted by Crippen LogP contribution is 2.13. The topological polar surface area (TPSA) is 56.6 Å². The summed E-state index contributed by atoms with van der Waals surface area (Å²) in [5.74, 6) is -0.361. The lowest BCUT2D eigenvalue weighted by Gasteiger charge is -2.33. The zero-order valence-electron chi connectivity index (χ0n) is 15.1. The van der Waals surface area contributed by atoms with Gasteiger partial charge < -0.3 is 9.47 Å². The van der Waals surface area contributed by atoms with E-state index in [0.717, 1.165) is 19.6 Å². The fraction of sp³-hybridized carbons (Fsp3) is 0.474. The molecule has 1 aliphatic rings. The molecular weight excluding hydrogens is 337 g/mol. The van der Waals surface area contributed by atoms with E-state index in [1.165, 1.54) is 23.0 Å². The van der Waals surface area contributed by atoms with Crippen LogP contribution in [0.4, 0.5) is 4.39 Å². The molecule has 1 atom stereocenters. The van der Waals surface area contributed by atoms with Gasteiger partial charge in [0.25, 0.3) is 0 Å². The van der Waals surface area contributed by atoms with E-state index >= 15 is 0 Å². The average Bonchev–Trinajstić information content (AvgIpc) is 3.10. The highest BCUT2D eigenvalue weighted by atomic mass is 19.1. The van der Waals surface area contributed by atoms with Crippen LogP contribution in [0.25, 0.3) is 5.69 Å². The fourth-order valence-electron chi connectivity index (χ4n) is 3.01. The van der Waals surface area contributed by atoms with Gasteiger partial charge in [0.1, 0.15) is 24.2 Å². The number of nitrogens with zero attached hydrogens (tertiary/aromatic N) is 3. The molecule has 1 fully saturated rings. The van der Waals surface area contributed by atoms with Crippen LogP contribution >= 0.6 is 0 Å². The fourth-order valence-corrected chi connectivity index (χ4v) is 3.01. The molecule has 0 N–H and O–H groups in total.